The van der Waals surface area contributed by atoms with E-state index in [4.69, 9.17) is 21.8 Å². The Bertz CT molecular complexity index is 370. The predicted octanol–water partition coefficient (Wildman–Crippen LogP) is 3.75. The van der Waals surface area contributed by atoms with E-state index in [2.05, 4.69) is 0 Å². The van der Waals surface area contributed by atoms with E-state index >= 15 is 0 Å². The smallest absolute Gasteiger partial charge is 0.134 e. The zero-order valence-electron chi connectivity index (χ0n) is 8.89. The third-order valence-electron chi connectivity index (χ3n) is 1.97. The summed E-state index contributed by atoms with van der Waals surface area (Å²) < 4.78 is 0. The fraction of sp³-hybridized carbons (Fsp3) is 0.0769. The molecule has 2 nitrogen and oxygen atoms in total. The first-order chi connectivity index (χ1) is 7.61. The van der Waals surface area contributed by atoms with E-state index in [9.17, 15) is 0 Å². The van der Waals surface area contributed by atoms with Crippen molar-refractivity contribution in [3.05, 3.63) is 59.1 Å². The Morgan fingerprint density at radius 3 is 1.62 bits per heavy atom. The van der Waals surface area contributed by atoms with Crippen molar-refractivity contribution in [2.24, 2.45) is 0 Å². The van der Waals surface area contributed by atoms with Gasteiger partial charge in [0, 0.05) is 0 Å². The van der Waals surface area contributed by atoms with Crippen LogP contribution in [-0.2, 0) is 0 Å². The van der Waals surface area contributed by atoms with Crippen LogP contribution in [0.2, 0.25) is 5.02 Å². The number of halogens is 1. The van der Waals surface area contributed by atoms with Crippen LogP contribution in [0.15, 0.2) is 48.5 Å². The fourth-order valence-electron chi connectivity index (χ4n) is 1.02. The maximum absolute atomic E-state index is 8.92. The Labute approximate surface area is 99.8 Å². The average molecular weight is 237 g/mol. The number of para-hydroxylation sites is 2. The van der Waals surface area contributed by atoms with Crippen molar-refractivity contribution in [2.45, 2.75) is 6.92 Å². The monoisotopic (exact) mass is 236 g/mol. The molecule has 0 heterocycles. The summed E-state index contributed by atoms with van der Waals surface area (Å²) in [5.41, 5.74) is 0.924. The number of benzene rings is 2. The molecule has 0 amide bonds. The highest BCUT2D eigenvalue weighted by Crippen LogP contribution is 2.20. The summed E-state index contributed by atoms with van der Waals surface area (Å²) in [7, 11) is 0. The third-order valence-corrected chi connectivity index (χ3v) is 2.29. The Morgan fingerprint density at radius 2 is 1.31 bits per heavy atom. The molecule has 0 radical (unpaired) electrons. The first-order valence-corrected chi connectivity index (χ1v) is 5.17. The standard InChI is InChI=1S/C7H8O.C6H5ClO/c1-6-4-2-3-5-7(6)8;7-5-3-1-2-4-6(5)8/h2-5,8H,1H3;1-4,8H. The number of hydrogen-bond acceptors (Lipinski definition) is 2. The molecule has 0 fully saturated rings. The van der Waals surface area contributed by atoms with E-state index in [1.54, 1.807) is 30.3 Å². The summed E-state index contributed by atoms with van der Waals surface area (Å²) in [4.78, 5) is 0. The van der Waals surface area contributed by atoms with Crippen LogP contribution in [0.25, 0.3) is 0 Å². The largest absolute Gasteiger partial charge is 0.508 e. The highest BCUT2D eigenvalue weighted by atomic mass is 35.5. The van der Waals surface area contributed by atoms with Crippen LogP contribution >= 0.6 is 11.6 Å². The van der Waals surface area contributed by atoms with E-state index in [1.165, 1.54) is 0 Å². The molecule has 84 valence electrons. The maximum atomic E-state index is 8.92. The van der Waals surface area contributed by atoms with E-state index in [1.807, 2.05) is 25.1 Å². The van der Waals surface area contributed by atoms with Crippen molar-refractivity contribution in [3.8, 4) is 11.5 Å². The second kappa shape index (κ2) is 6.03. The van der Waals surface area contributed by atoms with E-state index in [0.717, 1.165) is 5.56 Å². The van der Waals surface area contributed by atoms with Gasteiger partial charge in [-0.1, -0.05) is 41.9 Å². The van der Waals surface area contributed by atoms with Gasteiger partial charge in [-0.2, -0.15) is 0 Å². The van der Waals surface area contributed by atoms with Gasteiger partial charge in [-0.3, -0.25) is 0 Å². The zero-order valence-corrected chi connectivity index (χ0v) is 9.65. The predicted molar refractivity (Wildman–Crippen MR) is 66.0 cm³/mol. The fourth-order valence-corrected chi connectivity index (χ4v) is 1.15. The van der Waals surface area contributed by atoms with Crippen molar-refractivity contribution in [3.63, 3.8) is 0 Å². The topological polar surface area (TPSA) is 40.5 Å². The highest BCUT2D eigenvalue weighted by molar-refractivity contribution is 6.31. The van der Waals surface area contributed by atoms with Crippen LogP contribution in [0, 0.1) is 6.92 Å². The van der Waals surface area contributed by atoms with Crippen LogP contribution in [0.4, 0.5) is 0 Å². The number of rotatable bonds is 0. The minimum Gasteiger partial charge on any atom is -0.508 e. The van der Waals surface area contributed by atoms with Crippen molar-refractivity contribution in [1.29, 1.82) is 0 Å². The minimum atomic E-state index is 0.133. The van der Waals surface area contributed by atoms with Crippen molar-refractivity contribution in [2.75, 3.05) is 0 Å². The summed E-state index contributed by atoms with van der Waals surface area (Å²) in [6.45, 7) is 1.87. The number of phenolic OH excluding ortho intramolecular Hbond substituents is 2. The van der Waals surface area contributed by atoms with Crippen molar-refractivity contribution >= 4 is 11.6 Å². The lowest BCUT2D eigenvalue weighted by molar-refractivity contribution is 0.471. The molecule has 16 heavy (non-hydrogen) atoms. The molecule has 2 N–H and O–H groups in total. The highest BCUT2D eigenvalue weighted by Gasteiger charge is 1.89. The Morgan fingerprint density at radius 1 is 0.812 bits per heavy atom. The summed E-state index contributed by atoms with van der Waals surface area (Å²) in [6, 6.07) is 13.9. The van der Waals surface area contributed by atoms with E-state index in [-0.39, 0.29) is 5.75 Å². The van der Waals surface area contributed by atoms with Crippen molar-refractivity contribution < 1.29 is 10.2 Å². The van der Waals surface area contributed by atoms with Gasteiger partial charge < -0.3 is 10.2 Å². The molecule has 2 aromatic rings. The van der Waals surface area contributed by atoms with Gasteiger partial charge in [-0.15, -0.1) is 0 Å². The summed E-state index contributed by atoms with van der Waals surface area (Å²) in [5, 5.41) is 18.1. The molecule has 0 aliphatic rings. The molecule has 2 aromatic carbocycles. The molecule has 0 aliphatic carbocycles. The molecule has 0 unspecified atom stereocenters. The summed E-state index contributed by atoms with van der Waals surface area (Å²) in [5.74, 6) is 0.502. The van der Waals surface area contributed by atoms with Crippen LogP contribution in [0.3, 0.4) is 0 Å². The molecule has 0 saturated heterocycles. The molecule has 0 bridgehead atoms. The van der Waals surface area contributed by atoms with Gasteiger partial charge in [0.15, 0.2) is 0 Å². The van der Waals surface area contributed by atoms with E-state index < -0.39 is 0 Å². The third kappa shape index (κ3) is 3.83. The molecule has 0 spiro atoms. The van der Waals surface area contributed by atoms with Crippen LogP contribution in [0.1, 0.15) is 5.56 Å². The lowest BCUT2D eigenvalue weighted by atomic mass is 10.2. The van der Waals surface area contributed by atoms with Gasteiger partial charge in [-0.25, -0.2) is 0 Å². The summed E-state index contributed by atoms with van der Waals surface area (Å²) in [6.07, 6.45) is 0. The quantitative estimate of drug-likeness (QED) is 0.732. The Kier molecular flexibility index (Phi) is 4.67. The molecule has 0 saturated carbocycles. The van der Waals surface area contributed by atoms with Crippen LogP contribution < -0.4 is 0 Å². The Balaban J connectivity index is 0.000000160. The normalized spacial score (nSPS) is 9.12. The number of phenols is 2. The lowest BCUT2D eigenvalue weighted by Gasteiger charge is -1.92. The Hall–Kier alpha value is -1.67. The van der Waals surface area contributed by atoms with Gasteiger partial charge >= 0.3 is 0 Å². The van der Waals surface area contributed by atoms with Crippen molar-refractivity contribution in [1.82, 2.24) is 0 Å². The van der Waals surface area contributed by atoms with Gasteiger partial charge in [0.1, 0.15) is 11.5 Å². The molecule has 2 rings (SSSR count). The van der Waals surface area contributed by atoms with Gasteiger partial charge in [0.05, 0.1) is 5.02 Å². The number of aromatic hydroxyl groups is 2. The van der Waals surface area contributed by atoms with Gasteiger partial charge in [0.25, 0.3) is 0 Å². The maximum Gasteiger partial charge on any atom is 0.134 e. The van der Waals surface area contributed by atoms with Gasteiger partial charge in [-0.05, 0) is 30.7 Å². The van der Waals surface area contributed by atoms with Crippen LogP contribution in [0.5, 0.6) is 11.5 Å². The summed E-state index contributed by atoms with van der Waals surface area (Å²) >= 11 is 5.46. The first kappa shape index (κ1) is 12.4. The molecular formula is C13H13ClO2. The van der Waals surface area contributed by atoms with E-state index in [0.29, 0.717) is 10.8 Å². The molecule has 3 heteroatoms. The molecule has 0 aromatic heterocycles. The molecule has 0 atom stereocenters. The minimum absolute atomic E-state index is 0.133. The molecular weight excluding hydrogens is 224 g/mol. The second-order valence-corrected chi connectivity index (χ2v) is 3.65. The molecule has 0 aliphatic heterocycles. The number of hydrogen-bond donors (Lipinski definition) is 2. The first-order valence-electron chi connectivity index (χ1n) is 4.79. The average Bonchev–Trinajstić information content (AvgIpc) is 2.28. The number of aryl methyl sites for hydroxylation is 1. The zero-order chi connectivity index (χ0) is 12.0. The lowest BCUT2D eigenvalue weighted by Crippen LogP contribution is -1.68. The second-order valence-electron chi connectivity index (χ2n) is 3.24. The SMILES string of the molecule is Cc1ccccc1O.Oc1ccccc1Cl. The van der Waals surface area contributed by atoms with Crippen LogP contribution in [-0.4, -0.2) is 10.2 Å². The van der Waals surface area contributed by atoms with Gasteiger partial charge in [0.2, 0.25) is 0 Å².